The van der Waals surface area contributed by atoms with Crippen LogP contribution in [0.25, 0.3) is 0 Å². The number of pyridine rings is 1. The molecule has 162 valence electrons. The molecule has 2 aromatic heterocycles. The molecular formula is C21H24F3N3O3. The van der Waals surface area contributed by atoms with Crippen molar-refractivity contribution in [1.82, 2.24) is 9.88 Å². The number of furan rings is 1. The van der Waals surface area contributed by atoms with E-state index in [-0.39, 0.29) is 35.5 Å². The van der Waals surface area contributed by atoms with Gasteiger partial charge < -0.3 is 19.0 Å². The number of halogens is 3. The molecule has 30 heavy (non-hydrogen) atoms. The monoisotopic (exact) mass is 423 g/mol. The highest BCUT2D eigenvalue weighted by Gasteiger charge is 2.44. The Morgan fingerprint density at radius 1 is 1.30 bits per heavy atom. The van der Waals surface area contributed by atoms with Crippen LogP contribution in [0.2, 0.25) is 0 Å². The van der Waals surface area contributed by atoms with Crippen molar-refractivity contribution < 1.29 is 27.1 Å². The van der Waals surface area contributed by atoms with Gasteiger partial charge in [0, 0.05) is 31.7 Å². The number of likely N-dealkylation sites (tertiary alicyclic amines) is 1. The fraction of sp³-hybridized carbons (Fsp3) is 0.524. The first kappa shape index (κ1) is 20.7. The van der Waals surface area contributed by atoms with Crippen molar-refractivity contribution in [2.75, 3.05) is 24.5 Å². The summed E-state index contributed by atoms with van der Waals surface area (Å²) in [6.07, 6.45) is -2.37. The van der Waals surface area contributed by atoms with Gasteiger partial charge in [-0.15, -0.1) is 0 Å². The molecule has 2 aromatic rings. The second kappa shape index (κ2) is 7.94. The molecule has 0 spiro atoms. The summed E-state index contributed by atoms with van der Waals surface area (Å²) < 4.78 is 50.2. The van der Waals surface area contributed by atoms with Gasteiger partial charge >= 0.3 is 6.18 Å². The number of amides is 1. The van der Waals surface area contributed by atoms with Gasteiger partial charge in [-0.3, -0.25) is 4.79 Å². The summed E-state index contributed by atoms with van der Waals surface area (Å²) in [4.78, 5) is 20.7. The number of alkyl halides is 3. The number of carbonyl (C=O) groups excluding carboxylic acids is 1. The maximum atomic E-state index is 13.0. The number of ether oxygens (including phenoxy) is 1. The summed E-state index contributed by atoms with van der Waals surface area (Å²) in [5.41, 5.74) is -0.718. The van der Waals surface area contributed by atoms with Gasteiger partial charge in [-0.2, -0.15) is 13.2 Å². The fourth-order valence-corrected chi connectivity index (χ4v) is 4.13. The topological polar surface area (TPSA) is 58.8 Å². The maximum Gasteiger partial charge on any atom is 0.416 e. The highest BCUT2D eigenvalue weighted by Crippen LogP contribution is 2.36. The maximum absolute atomic E-state index is 13.0. The summed E-state index contributed by atoms with van der Waals surface area (Å²) in [7, 11) is 0. The largest absolute Gasteiger partial charge is 0.453 e. The van der Waals surface area contributed by atoms with E-state index in [2.05, 4.69) is 4.98 Å². The van der Waals surface area contributed by atoms with Gasteiger partial charge in [0.05, 0.1) is 17.7 Å². The van der Waals surface area contributed by atoms with Crippen molar-refractivity contribution in [2.24, 2.45) is 5.92 Å². The molecule has 0 bridgehead atoms. The molecule has 0 aliphatic carbocycles. The number of anilines is 1. The van der Waals surface area contributed by atoms with Crippen LogP contribution in [0.3, 0.4) is 0 Å². The summed E-state index contributed by atoms with van der Waals surface area (Å²) in [6.45, 7) is 5.78. The number of fused-ring (bicyclic) bond motifs is 1. The molecule has 4 rings (SSSR count). The fourth-order valence-electron chi connectivity index (χ4n) is 4.13. The van der Waals surface area contributed by atoms with E-state index in [9.17, 15) is 18.0 Å². The molecule has 4 heterocycles. The Labute approximate surface area is 172 Å². The van der Waals surface area contributed by atoms with Gasteiger partial charge in [-0.1, -0.05) is 0 Å². The molecule has 2 aliphatic heterocycles. The van der Waals surface area contributed by atoms with Crippen LogP contribution in [-0.2, 0) is 17.5 Å². The third-order valence-corrected chi connectivity index (χ3v) is 5.64. The Bertz CT molecular complexity index is 912. The average molecular weight is 423 g/mol. The lowest BCUT2D eigenvalue weighted by atomic mass is 10.1. The zero-order chi connectivity index (χ0) is 21.5. The molecule has 1 amide bonds. The Kier molecular flexibility index (Phi) is 5.48. The van der Waals surface area contributed by atoms with Crippen molar-refractivity contribution in [3.63, 3.8) is 0 Å². The highest BCUT2D eigenvalue weighted by atomic mass is 19.4. The van der Waals surface area contributed by atoms with Crippen LogP contribution >= 0.6 is 0 Å². The van der Waals surface area contributed by atoms with Crippen molar-refractivity contribution in [1.29, 1.82) is 0 Å². The van der Waals surface area contributed by atoms with Gasteiger partial charge in [0.15, 0.2) is 5.76 Å². The molecule has 2 fully saturated rings. The van der Waals surface area contributed by atoms with Crippen LogP contribution in [0.5, 0.6) is 0 Å². The number of rotatable bonds is 5. The van der Waals surface area contributed by atoms with E-state index in [0.717, 1.165) is 18.6 Å². The zero-order valence-electron chi connectivity index (χ0n) is 16.9. The van der Waals surface area contributed by atoms with E-state index in [4.69, 9.17) is 9.15 Å². The minimum Gasteiger partial charge on any atom is -0.453 e. The Hall–Kier alpha value is -2.55. The van der Waals surface area contributed by atoms with Crippen molar-refractivity contribution in [3.05, 3.63) is 47.5 Å². The molecule has 0 saturated carbocycles. The predicted molar refractivity (Wildman–Crippen MR) is 103 cm³/mol. The number of hydrogen-bond acceptors (Lipinski definition) is 5. The van der Waals surface area contributed by atoms with E-state index >= 15 is 0 Å². The SMILES string of the molecule is CC(C)OCc1ccc(C(=O)N2CCC3CN(c4cc(C(F)(F)F)ccn4)CC32)o1. The Balaban J connectivity index is 1.45. The van der Waals surface area contributed by atoms with Gasteiger partial charge in [-0.05, 0) is 44.5 Å². The summed E-state index contributed by atoms with van der Waals surface area (Å²) >= 11 is 0. The molecule has 2 saturated heterocycles. The predicted octanol–water partition coefficient (Wildman–Crippen LogP) is 3.97. The lowest BCUT2D eigenvalue weighted by Crippen LogP contribution is -2.39. The lowest BCUT2D eigenvalue weighted by molar-refractivity contribution is -0.137. The van der Waals surface area contributed by atoms with Gasteiger partial charge in [0.25, 0.3) is 5.91 Å². The van der Waals surface area contributed by atoms with Crippen LogP contribution in [0, 0.1) is 5.92 Å². The molecule has 2 unspecified atom stereocenters. The summed E-state index contributed by atoms with van der Waals surface area (Å²) in [5, 5.41) is 0. The molecule has 0 aromatic carbocycles. The zero-order valence-corrected chi connectivity index (χ0v) is 16.9. The van der Waals surface area contributed by atoms with E-state index in [1.54, 1.807) is 17.0 Å². The standard InChI is InChI=1S/C21H24F3N3O3/c1-13(2)29-12-16-3-4-18(30-16)20(28)27-8-6-14-10-26(11-17(14)27)19-9-15(5-7-25-19)21(22,23)24/h3-5,7,9,13-14,17H,6,8,10-12H2,1-2H3. The normalized spacial score (nSPS) is 21.5. The number of hydrogen-bond donors (Lipinski definition) is 0. The molecule has 0 N–H and O–H groups in total. The Morgan fingerprint density at radius 2 is 2.10 bits per heavy atom. The third-order valence-electron chi connectivity index (χ3n) is 5.64. The van der Waals surface area contributed by atoms with Crippen LogP contribution < -0.4 is 4.90 Å². The lowest BCUT2D eigenvalue weighted by Gasteiger charge is -2.25. The first-order valence-electron chi connectivity index (χ1n) is 10.0. The van der Waals surface area contributed by atoms with Gasteiger partial charge in [-0.25, -0.2) is 4.98 Å². The van der Waals surface area contributed by atoms with E-state index in [0.29, 0.717) is 32.0 Å². The minimum atomic E-state index is -4.41. The molecular weight excluding hydrogens is 399 g/mol. The molecule has 2 atom stereocenters. The molecule has 9 heteroatoms. The van der Waals surface area contributed by atoms with Crippen LogP contribution in [0.1, 0.15) is 42.1 Å². The van der Waals surface area contributed by atoms with E-state index in [1.165, 1.54) is 6.20 Å². The minimum absolute atomic E-state index is 0.0579. The quantitative estimate of drug-likeness (QED) is 0.729. The van der Waals surface area contributed by atoms with Crippen LogP contribution in [-0.4, -0.2) is 47.6 Å². The smallest absolute Gasteiger partial charge is 0.416 e. The number of carbonyl (C=O) groups is 1. The third kappa shape index (κ3) is 4.16. The summed E-state index contributed by atoms with van der Waals surface area (Å²) in [5.74, 6) is 1.14. The first-order chi connectivity index (χ1) is 14.2. The van der Waals surface area contributed by atoms with Crippen LogP contribution in [0.4, 0.5) is 19.0 Å². The summed E-state index contributed by atoms with van der Waals surface area (Å²) in [6, 6.07) is 5.34. The average Bonchev–Trinajstić information content (AvgIpc) is 3.40. The van der Waals surface area contributed by atoms with E-state index < -0.39 is 11.7 Å². The Morgan fingerprint density at radius 3 is 2.83 bits per heavy atom. The first-order valence-corrected chi connectivity index (χ1v) is 10.0. The van der Waals surface area contributed by atoms with Crippen LogP contribution in [0.15, 0.2) is 34.9 Å². The molecule has 6 nitrogen and oxygen atoms in total. The molecule has 2 aliphatic rings. The van der Waals surface area contributed by atoms with Gasteiger partial charge in [0.1, 0.15) is 18.2 Å². The van der Waals surface area contributed by atoms with Crippen molar-refractivity contribution >= 4 is 11.7 Å². The van der Waals surface area contributed by atoms with Gasteiger partial charge in [0.2, 0.25) is 0 Å². The number of nitrogens with zero attached hydrogens (tertiary/aromatic N) is 3. The van der Waals surface area contributed by atoms with E-state index in [1.807, 2.05) is 18.7 Å². The van der Waals surface area contributed by atoms with Crippen molar-refractivity contribution in [3.8, 4) is 0 Å². The van der Waals surface area contributed by atoms with Crippen molar-refractivity contribution in [2.45, 2.75) is 45.2 Å². The second-order valence-corrected chi connectivity index (χ2v) is 8.05. The second-order valence-electron chi connectivity index (χ2n) is 8.05. The number of aromatic nitrogens is 1. The highest BCUT2D eigenvalue weighted by molar-refractivity contribution is 5.92. The molecule has 0 radical (unpaired) electrons.